The number of aliphatic hydroxyl groups excluding tert-OH is 1. The van der Waals surface area contributed by atoms with E-state index in [1.165, 1.54) is 11.1 Å². The Labute approximate surface area is 171 Å². The number of aliphatic hydroxyl groups is 1. The highest BCUT2D eigenvalue weighted by atomic mass is 16.5. The minimum absolute atomic E-state index is 0.0658. The number of nitrogens with zero attached hydrogens (tertiary/aromatic N) is 2. The van der Waals surface area contributed by atoms with Crippen LogP contribution in [-0.4, -0.2) is 49.8 Å². The molecule has 1 atom stereocenters. The minimum Gasteiger partial charge on any atom is -0.493 e. The molecule has 0 spiro atoms. The largest absolute Gasteiger partial charge is 0.493 e. The topological polar surface area (TPSA) is 62.2 Å². The molecule has 0 saturated carbocycles. The van der Waals surface area contributed by atoms with E-state index in [1.807, 2.05) is 18.2 Å². The van der Waals surface area contributed by atoms with Crippen LogP contribution in [0.25, 0.3) is 0 Å². The molecule has 0 aromatic heterocycles. The van der Waals surface area contributed by atoms with Gasteiger partial charge in [-0.25, -0.2) is 0 Å². The second kappa shape index (κ2) is 8.05. The fourth-order valence-electron chi connectivity index (χ4n) is 4.40. The van der Waals surface area contributed by atoms with E-state index in [2.05, 4.69) is 17.0 Å². The molecule has 0 radical (unpaired) electrons. The van der Waals surface area contributed by atoms with Crippen molar-refractivity contribution in [2.75, 3.05) is 38.8 Å². The maximum absolute atomic E-state index is 11.7. The van der Waals surface area contributed by atoms with Gasteiger partial charge in [-0.1, -0.05) is 12.1 Å². The van der Waals surface area contributed by atoms with E-state index in [-0.39, 0.29) is 5.91 Å². The summed E-state index contributed by atoms with van der Waals surface area (Å²) in [5.41, 5.74) is 5.51. The van der Waals surface area contributed by atoms with Gasteiger partial charge in [-0.05, 0) is 53.3 Å². The predicted molar refractivity (Wildman–Crippen MR) is 112 cm³/mol. The second-order valence-electron chi connectivity index (χ2n) is 7.79. The van der Waals surface area contributed by atoms with E-state index in [0.29, 0.717) is 6.54 Å². The van der Waals surface area contributed by atoms with Crippen LogP contribution in [0.1, 0.15) is 35.3 Å². The molecule has 0 fully saturated rings. The number of anilines is 1. The zero-order chi connectivity index (χ0) is 20.5. The van der Waals surface area contributed by atoms with Gasteiger partial charge < -0.3 is 19.5 Å². The lowest BCUT2D eigenvalue weighted by Gasteiger charge is -2.31. The average molecular weight is 396 g/mol. The highest BCUT2D eigenvalue weighted by molar-refractivity contribution is 5.93. The van der Waals surface area contributed by atoms with Crippen molar-refractivity contribution in [3.8, 4) is 11.5 Å². The van der Waals surface area contributed by atoms with Gasteiger partial charge in [0.25, 0.3) is 0 Å². The first kappa shape index (κ1) is 19.7. The van der Waals surface area contributed by atoms with Crippen molar-refractivity contribution in [2.24, 2.45) is 0 Å². The summed E-state index contributed by atoms with van der Waals surface area (Å²) in [6.45, 7) is 4.55. The Kier molecular flexibility index (Phi) is 5.48. The Morgan fingerprint density at radius 2 is 1.72 bits per heavy atom. The van der Waals surface area contributed by atoms with Crippen LogP contribution in [0.3, 0.4) is 0 Å². The monoisotopic (exact) mass is 396 g/mol. The molecule has 4 rings (SSSR count). The van der Waals surface area contributed by atoms with Crippen LogP contribution in [0.5, 0.6) is 11.5 Å². The van der Waals surface area contributed by atoms with Crippen LogP contribution in [0.2, 0.25) is 0 Å². The molecule has 1 unspecified atom stereocenters. The van der Waals surface area contributed by atoms with Gasteiger partial charge in [-0.15, -0.1) is 0 Å². The zero-order valence-corrected chi connectivity index (χ0v) is 17.3. The van der Waals surface area contributed by atoms with Crippen molar-refractivity contribution in [3.05, 3.63) is 52.6 Å². The molecule has 2 aromatic rings. The third-order valence-corrected chi connectivity index (χ3v) is 5.99. The Hall–Kier alpha value is -2.57. The van der Waals surface area contributed by atoms with E-state index >= 15 is 0 Å². The lowest BCUT2D eigenvalue weighted by Crippen LogP contribution is -2.34. The fourth-order valence-corrected chi connectivity index (χ4v) is 4.40. The fraction of sp³-hybridized carbons (Fsp3) is 0.435. The van der Waals surface area contributed by atoms with Gasteiger partial charge in [0.05, 0.1) is 20.3 Å². The molecule has 0 aliphatic carbocycles. The number of hydrogen-bond acceptors (Lipinski definition) is 5. The molecule has 1 N–H and O–H groups in total. The summed E-state index contributed by atoms with van der Waals surface area (Å²) in [4.78, 5) is 15.8. The first-order valence-corrected chi connectivity index (χ1v) is 10.0. The molecule has 2 aliphatic rings. The highest BCUT2D eigenvalue weighted by Crippen LogP contribution is 2.34. The van der Waals surface area contributed by atoms with Gasteiger partial charge in [0.2, 0.25) is 5.91 Å². The molecule has 6 nitrogen and oxygen atoms in total. The molecule has 2 aromatic carbocycles. The van der Waals surface area contributed by atoms with Crippen molar-refractivity contribution >= 4 is 11.6 Å². The van der Waals surface area contributed by atoms with E-state index in [9.17, 15) is 9.90 Å². The summed E-state index contributed by atoms with van der Waals surface area (Å²) < 4.78 is 10.8. The smallest absolute Gasteiger partial charge is 0.223 e. The number of amides is 1. The van der Waals surface area contributed by atoms with Crippen LogP contribution in [0.15, 0.2) is 30.3 Å². The third kappa shape index (κ3) is 3.82. The van der Waals surface area contributed by atoms with Crippen LogP contribution >= 0.6 is 0 Å². The molecule has 1 amide bonds. The number of carbonyl (C=O) groups excluding carboxylic acids is 1. The molecule has 0 bridgehead atoms. The SMILES string of the molecule is COc1cc2c(cc1OC)CN(CC(O)c1ccc3c(c1)CCN3C(C)=O)CC2. The van der Waals surface area contributed by atoms with Gasteiger partial charge in [-0.2, -0.15) is 0 Å². The number of rotatable bonds is 5. The van der Waals surface area contributed by atoms with Crippen molar-refractivity contribution in [1.82, 2.24) is 4.90 Å². The number of benzene rings is 2. The molecule has 154 valence electrons. The summed E-state index contributed by atoms with van der Waals surface area (Å²) >= 11 is 0. The minimum atomic E-state index is -0.562. The summed E-state index contributed by atoms with van der Waals surface area (Å²) in [7, 11) is 3.30. The summed E-state index contributed by atoms with van der Waals surface area (Å²) in [6.07, 6.45) is 1.20. The van der Waals surface area contributed by atoms with Gasteiger partial charge in [0.15, 0.2) is 11.5 Å². The van der Waals surface area contributed by atoms with Crippen molar-refractivity contribution < 1.29 is 19.4 Å². The number of fused-ring (bicyclic) bond motifs is 2. The quantitative estimate of drug-likeness (QED) is 0.842. The normalized spacial score (nSPS) is 16.9. The Morgan fingerprint density at radius 3 is 2.41 bits per heavy atom. The third-order valence-electron chi connectivity index (χ3n) is 5.99. The summed E-state index contributed by atoms with van der Waals surface area (Å²) in [5.74, 6) is 1.57. The number of hydrogen-bond donors (Lipinski definition) is 1. The standard InChI is InChI=1S/C23H28N2O4/c1-15(26)25-9-7-17-10-18(4-5-20(17)25)21(27)14-24-8-6-16-11-22(28-2)23(29-3)12-19(16)13-24/h4-5,10-12,21,27H,6-9,13-14H2,1-3H3. The van der Waals surface area contributed by atoms with Crippen LogP contribution < -0.4 is 14.4 Å². The van der Waals surface area contributed by atoms with Gasteiger partial charge >= 0.3 is 0 Å². The zero-order valence-electron chi connectivity index (χ0n) is 17.3. The van der Waals surface area contributed by atoms with Crippen LogP contribution in [-0.2, 0) is 24.2 Å². The average Bonchev–Trinajstić information content (AvgIpc) is 3.16. The maximum atomic E-state index is 11.7. The van der Waals surface area contributed by atoms with E-state index in [4.69, 9.17) is 9.47 Å². The first-order valence-electron chi connectivity index (χ1n) is 10.0. The number of carbonyl (C=O) groups is 1. The van der Waals surface area contributed by atoms with Crippen molar-refractivity contribution in [2.45, 2.75) is 32.4 Å². The van der Waals surface area contributed by atoms with Gasteiger partial charge in [-0.3, -0.25) is 9.69 Å². The Balaban J connectivity index is 1.46. The van der Waals surface area contributed by atoms with Crippen LogP contribution in [0.4, 0.5) is 5.69 Å². The molecular formula is C23H28N2O4. The molecule has 0 saturated heterocycles. The lowest BCUT2D eigenvalue weighted by atomic mass is 9.97. The molecule has 29 heavy (non-hydrogen) atoms. The Morgan fingerprint density at radius 1 is 1.03 bits per heavy atom. The van der Waals surface area contributed by atoms with E-state index in [0.717, 1.165) is 60.8 Å². The molecular weight excluding hydrogens is 368 g/mol. The summed E-state index contributed by atoms with van der Waals surface area (Å²) in [6, 6.07) is 10.1. The van der Waals surface area contributed by atoms with Gasteiger partial charge in [0.1, 0.15) is 0 Å². The second-order valence-corrected chi connectivity index (χ2v) is 7.79. The Bertz CT molecular complexity index is 927. The highest BCUT2D eigenvalue weighted by Gasteiger charge is 2.25. The molecule has 2 heterocycles. The van der Waals surface area contributed by atoms with Crippen molar-refractivity contribution in [3.63, 3.8) is 0 Å². The molecule has 2 aliphatic heterocycles. The summed E-state index contributed by atoms with van der Waals surface area (Å²) in [5, 5.41) is 10.8. The predicted octanol–water partition coefficient (Wildman–Crippen LogP) is 2.70. The number of methoxy groups -OCH3 is 2. The van der Waals surface area contributed by atoms with Crippen LogP contribution in [0, 0.1) is 0 Å². The first-order chi connectivity index (χ1) is 14.0. The van der Waals surface area contributed by atoms with Crippen molar-refractivity contribution in [1.29, 1.82) is 0 Å². The van der Waals surface area contributed by atoms with E-state index < -0.39 is 6.10 Å². The lowest BCUT2D eigenvalue weighted by molar-refractivity contribution is -0.116. The maximum Gasteiger partial charge on any atom is 0.223 e. The number of ether oxygens (including phenoxy) is 2. The van der Waals surface area contributed by atoms with E-state index in [1.54, 1.807) is 26.0 Å². The van der Waals surface area contributed by atoms with Gasteiger partial charge in [0, 0.05) is 38.8 Å². The number of β-amino-alcohol motifs (C(OH)–C–C–N with tert-alkyl or cyclic N) is 1. The molecule has 6 heteroatoms.